The van der Waals surface area contributed by atoms with Gasteiger partial charge in [0.05, 0.1) is 12.5 Å². The number of anilines is 1. The molecule has 2 aromatic heterocycles. The number of H-pyrrole nitrogens is 1. The molecule has 0 bridgehead atoms. The van der Waals surface area contributed by atoms with Crippen molar-refractivity contribution < 1.29 is 4.79 Å². The van der Waals surface area contributed by atoms with Gasteiger partial charge >= 0.3 is 0 Å². The Hall–Kier alpha value is -1.69. The molecular weight excluding hydrogens is 188 g/mol. The third kappa shape index (κ3) is 1.73. The number of nitrogens with zero attached hydrogens (tertiary/aromatic N) is 2. The van der Waals surface area contributed by atoms with Crippen molar-refractivity contribution in [2.24, 2.45) is 0 Å². The number of hydrogen-bond donors (Lipinski definition) is 2. The summed E-state index contributed by atoms with van der Waals surface area (Å²) >= 11 is 1.30. The number of aromatic nitrogens is 3. The monoisotopic (exact) mass is 194 g/mol. The van der Waals surface area contributed by atoms with Crippen molar-refractivity contribution in [1.29, 1.82) is 0 Å². The molecule has 0 saturated carbocycles. The van der Waals surface area contributed by atoms with E-state index in [0.29, 0.717) is 10.8 Å². The summed E-state index contributed by atoms with van der Waals surface area (Å²) in [5, 5.41) is 4.81. The van der Waals surface area contributed by atoms with E-state index in [0.717, 1.165) is 0 Å². The van der Waals surface area contributed by atoms with E-state index in [4.69, 9.17) is 0 Å². The third-order valence-electron chi connectivity index (χ3n) is 1.37. The van der Waals surface area contributed by atoms with E-state index >= 15 is 0 Å². The van der Waals surface area contributed by atoms with Gasteiger partial charge in [-0.15, -0.1) is 11.3 Å². The Morgan fingerprint density at radius 3 is 3.15 bits per heavy atom. The van der Waals surface area contributed by atoms with Gasteiger partial charge in [-0.3, -0.25) is 4.79 Å². The Bertz CT molecular complexity index is 381. The highest BCUT2D eigenvalue weighted by Crippen LogP contribution is 2.07. The van der Waals surface area contributed by atoms with E-state index in [2.05, 4.69) is 20.3 Å². The number of carbonyl (C=O) groups excluding carboxylic acids is 1. The standard InChI is InChI=1S/C7H6N4OS/c12-6(7-9-1-2-13-7)11-5-3-8-4-10-5/h1-4H,(H,8,10)(H,11,12). The van der Waals surface area contributed by atoms with Crippen LogP contribution in [0, 0.1) is 0 Å². The first-order chi connectivity index (χ1) is 6.36. The summed E-state index contributed by atoms with van der Waals surface area (Å²) in [4.78, 5) is 21.8. The number of carbonyl (C=O) groups is 1. The minimum absolute atomic E-state index is 0.223. The van der Waals surface area contributed by atoms with Crippen LogP contribution in [0.5, 0.6) is 0 Å². The van der Waals surface area contributed by atoms with Gasteiger partial charge in [0.2, 0.25) is 0 Å². The van der Waals surface area contributed by atoms with Crippen LogP contribution in [-0.2, 0) is 0 Å². The zero-order valence-corrected chi connectivity index (χ0v) is 7.34. The van der Waals surface area contributed by atoms with Crippen LogP contribution in [-0.4, -0.2) is 20.9 Å². The Kier molecular flexibility index (Phi) is 2.05. The van der Waals surface area contributed by atoms with E-state index in [1.54, 1.807) is 11.6 Å². The summed E-state index contributed by atoms with van der Waals surface area (Å²) < 4.78 is 0. The van der Waals surface area contributed by atoms with Crippen LogP contribution in [0.3, 0.4) is 0 Å². The summed E-state index contributed by atoms with van der Waals surface area (Å²) in [6.45, 7) is 0. The predicted molar refractivity (Wildman–Crippen MR) is 48.7 cm³/mol. The lowest BCUT2D eigenvalue weighted by Gasteiger charge is -1.96. The van der Waals surface area contributed by atoms with Gasteiger partial charge in [-0.25, -0.2) is 9.97 Å². The van der Waals surface area contributed by atoms with E-state index in [1.807, 2.05) is 0 Å². The number of amides is 1. The lowest BCUT2D eigenvalue weighted by Crippen LogP contribution is -2.11. The first-order valence-corrected chi connectivity index (χ1v) is 4.43. The average molecular weight is 194 g/mol. The number of imidazole rings is 1. The second-order valence-corrected chi connectivity index (χ2v) is 3.15. The second-order valence-electron chi connectivity index (χ2n) is 2.26. The van der Waals surface area contributed by atoms with Crippen molar-refractivity contribution in [3.05, 3.63) is 29.1 Å². The molecule has 0 aliphatic rings. The molecule has 0 aliphatic carbocycles. The fourth-order valence-corrected chi connectivity index (χ4v) is 1.37. The molecule has 2 rings (SSSR count). The molecule has 0 fully saturated rings. The topological polar surface area (TPSA) is 70.7 Å². The van der Waals surface area contributed by atoms with E-state index < -0.39 is 0 Å². The van der Waals surface area contributed by atoms with E-state index in [9.17, 15) is 4.79 Å². The molecule has 0 aromatic carbocycles. The van der Waals surface area contributed by atoms with Crippen LogP contribution in [0.25, 0.3) is 0 Å². The van der Waals surface area contributed by atoms with Crippen LogP contribution in [0.2, 0.25) is 0 Å². The Morgan fingerprint density at radius 1 is 1.62 bits per heavy atom. The summed E-state index contributed by atoms with van der Waals surface area (Å²) in [7, 11) is 0. The number of hydrogen-bond acceptors (Lipinski definition) is 4. The van der Waals surface area contributed by atoms with E-state index in [-0.39, 0.29) is 5.91 Å². The number of rotatable bonds is 2. The van der Waals surface area contributed by atoms with Gasteiger partial charge in [0.25, 0.3) is 5.91 Å². The molecule has 13 heavy (non-hydrogen) atoms. The molecular formula is C7H6N4OS. The van der Waals surface area contributed by atoms with Gasteiger partial charge in [-0.1, -0.05) is 0 Å². The maximum Gasteiger partial charge on any atom is 0.285 e. The maximum absolute atomic E-state index is 11.4. The van der Waals surface area contributed by atoms with Crippen LogP contribution >= 0.6 is 11.3 Å². The molecule has 2 N–H and O–H groups in total. The van der Waals surface area contributed by atoms with Gasteiger partial charge in [-0.05, 0) is 0 Å². The average Bonchev–Trinajstić information content (AvgIpc) is 2.74. The van der Waals surface area contributed by atoms with Gasteiger partial charge in [0, 0.05) is 11.6 Å². The highest BCUT2D eigenvalue weighted by molar-refractivity contribution is 7.11. The quantitative estimate of drug-likeness (QED) is 0.752. The molecule has 66 valence electrons. The van der Waals surface area contributed by atoms with Crippen molar-refractivity contribution in [2.45, 2.75) is 0 Å². The third-order valence-corrected chi connectivity index (χ3v) is 2.14. The second kappa shape index (κ2) is 3.36. The molecule has 0 radical (unpaired) electrons. The SMILES string of the molecule is O=C(Nc1cnc[nH]1)c1nccs1. The zero-order chi connectivity index (χ0) is 9.10. The first kappa shape index (κ1) is 7.93. The molecule has 5 nitrogen and oxygen atoms in total. The molecule has 0 saturated heterocycles. The Labute approximate surface area is 77.9 Å². The molecule has 0 aliphatic heterocycles. The molecule has 2 aromatic rings. The molecule has 6 heteroatoms. The van der Waals surface area contributed by atoms with Crippen molar-refractivity contribution in [2.75, 3.05) is 5.32 Å². The maximum atomic E-state index is 11.4. The van der Waals surface area contributed by atoms with E-state index in [1.165, 1.54) is 23.9 Å². The summed E-state index contributed by atoms with van der Waals surface area (Å²) in [6.07, 6.45) is 4.62. The summed E-state index contributed by atoms with van der Waals surface area (Å²) in [5.74, 6) is 0.347. The van der Waals surface area contributed by atoms with Gasteiger partial charge in [0.15, 0.2) is 5.01 Å². The van der Waals surface area contributed by atoms with Crippen LogP contribution in [0.1, 0.15) is 9.80 Å². The first-order valence-electron chi connectivity index (χ1n) is 3.55. The van der Waals surface area contributed by atoms with Crippen molar-refractivity contribution in [3.63, 3.8) is 0 Å². The minimum atomic E-state index is -0.223. The highest BCUT2D eigenvalue weighted by atomic mass is 32.1. The fourth-order valence-electron chi connectivity index (χ4n) is 0.836. The normalized spacial score (nSPS) is 9.85. The van der Waals surface area contributed by atoms with Crippen molar-refractivity contribution in [1.82, 2.24) is 15.0 Å². The molecule has 0 atom stereocenters. The van der Waals surface area contributed by atoms with Crippen LogP contribution in [0.15, 0.2) is 24.1 Å². The smallest absolute Gasteiger partial charge is 0.285 e. The van der Waals surface area contributed by atoms with Crippen molar-refractivity contribution >= 4 is 23.1 Å². The Balaban J connectivity index is 2.08. The fraction of sp³-hybridized carbons (Fsp3) is 0. The van der Waals surface area contributed by atoms with Crippen LogP contribution in [0.4, 0.5) is 5.82 Å². The molecule has 0 unspecified atom stereocenters. The van der Waals surface area contributed by atoms with Crippen LogP contribution < -0.4 is 5.32 Å². The summed E-state index contributed by atoms with van der Waals surface area (Å²) in [5.41, 5.74) is 0. The lowest BCUT2D eigenvalue weighted by atomic mass is 10.6. The minimum Gasteiger partial charge on any atom is -0.331 e. The molecule has 2 heterocycles. The highest BCUT2D eigenvalue weighted by Gasteiger charge is 2.08. The van der Waals surface area contributed by atoms with Gasteiger partial charge in [-0.2, -0.15) is 0 Å². The lowest BCUT2D eigenvalue weighted by molar-refractivity contribution is 0.102. The number of thiazole rings is 1. The number of nitrogens with one attached hydrogen (secondary N) is 2. The Morgan fingerprint density at radius 2 is 2.54 bits per heavy atom. The van der Waals surface area contributed by atoms with Crippen molar-refractivity contribution in [3.8, 4) is 0 Å². The molecule has 0 spiro atoms. The zero-order valence-electron chi connectivity index (χ0n) is 6.52. The largest absolute Gasteiger partial charge is 0.331 e. The predicted octanol–water partition coefficient (Wildman–Crippen LogP) is 1.12. The van der Waals surface area contributed by atoms with Gasteiger partial charge < -0.3 is 10.3 Å². The molecule has 1 amide bonds. The number of aromatic amines is 1. The van der Waals surface area contributed by atoms with Gasteiger partial charge in [0.1, 0.15) is 5.82 Å². The summed E-state index contributed by atoms with van der Waals surface area (Å²) in [6, 6.07) is 0.